The first-order valence-corrected chi connectivity index (χ1v) is 8.22. The lowest BCUT2D eigenvalue weighted by Crippen LogP contribution is -2.16. The highest BCUT2D eigenvalue weighted by Gasteiger charge is 2.15. The molecule has 2 aromatic carbocycles. The van der Waals surface area contributed by atoms with Crippen molar-refractivity contribution in [3.63, 3.8) is 0 Å². The fraction of sp³-hybridized carbons (Fsp3) is 0.111. The largest absolute Gasteiger partial charge is 0.455 e. The van der Waals surface area contributed by atoms with Gasteiger partial charge in [0, 0.05) is 5.38 Å². The maximum absolute atomic E-state index is 14.1. The van der Waals surface area contributed by atoms with Crippen LogP contribution < -0.4 is 10.1 Å². The van der Waals surface area contributed by atoms with E-state index in [-0.39, 0.29) is 23.8 Å². The molecule has 4 nitrogen and oxygen atoms in total. The summed E-state index contributed by atoms with van der Waals surface area (Å²) in [6, 6.07) is 13.4. The van der Waals surface area contributed by atoms with Gasteiger partial charge in [-0.05, 0) is 31.2 Å². The highest BCUT2D eigenvalue weighted by molar-refractivity contribution is 7.09. The Morgan fingerprint density at radius 2 is 2.00 bits per heavy atom. The Morgan fingerprint density at radius 1 is 1.21 bits per heavy atom. The van der Waals surface area contributed by atoms with E-state index in [2.05, 4.69) is 10.3 Å². The van der Waals surface area contributed by atoms with Gasteiger partial charge < -0.3 is 10.1 Å². The highest BCUT2D eigenvalue weighted by Crippen LogP contribution is 2.31. The van der Waals surface area contributed by atoms with Gasteiger partial charge in [-0.25, -0.2) is 9.37 Å². The van der Waals surface area contributed by atoms with Gasteiger partial charge in [0.25, 0.3) is 0 Å². The summed E-state index contributed by atoms with van der Waals surface area (Å²) in [4.78, 5) is 16.4. The molecule has 0 radical (unpaired) electrons. The molecule has 0 bridgehead atoms. The number of amides is 1. The number of ether oxygens (including phenoxy) is 1. The van der Waals surface area contributed by atoms with Crippen LogP contribution >= 0.6 is 11.3 Å². The lowest BCUT2D eigenvalue weighted by Gasteiger charge is -2.12. The Hall–Kier alpha value is -2.73. The minimum atomic E-state index is -0.550. The van der Waals surface area contributed by atoms with Gasteiger partial charge in [0.1, 0.15) is 11.4 Å². The molecule has 24 heavy (non-hydrogen) atoms. The van der Waals surface area contributed by atoms with Crippen molar-refractivity contribution in [1.82, 2.24) is 4.98 Å². The van der Waals surface area contributed by atoms with Gasteiger partial charge in [0.15, 0.2) is 11.6 Å². The first-order valence-electron chi connectivity index (χ1n) is 7.34. The number of rotatable bonds is 5. The smallest absolute Gasteiger partial charge is 0.230 e. The van der Waals surface area contributed by atoms with Crippen molar-refractivity contribution in [2.45, 2.75) is 13.3 Å². The molecule has 0 spiro atoms. The average molecular weight is 342 g/mol. The fourth-order valence-corrected chi connectivity index (χ4v) is 2.78. The van der Waals surface area contributed by atoms with Crippen molar-refractivity contribution >= 4 is 22.9 Å². The number of hydrogen-bond acceptors (Lipinski definition) is 4. The SMILES string of the molecule is Cc1nc(CC(=O)Nc2c(F)cccc2Oc2ccccc2)cs1. The molecule has 3 aromatic rings. The van der Waals surface area contributed by atoms with Crippen LogP contribution in [-0.4, -0.2) is 10.9 Å². The maximum atomic E-state index is 14.1. The van der Waals surface area contributed by atoms with Crippen LogP contribution in [0.4, 0.5) is 10.1 Å². The Bertz CT molecular complexity index is 849. The molecular formula is C18H15FN2O2S. The zero-order chi connectivity index (χ0) is 16.9. The molecule has 1 heterocycles. The number of carbonyl (C=O) groups is 1. The van der Waals surface area contributed by atoms with Crippen molar-refractivity contribution in [2.24, 2.45) is 0 Å². The van der Waals surface area contributed by atoms with Crippen molar-refractivity contribution in [3.8, 4) is 11.5 Å². The number of anilines is 1. The predicted molar refractivity (Wildman–Crippen MR) is 92.1 cm³/mol. The first-order chi connectivity index (χ1) is 11.6. The lowest BCUT2D eigenvalue weighted by molar-refractivity contribution is -0.115. The number of benzene rings is 2. The molecule has 1 amide bonds. The van der Waals surface area contributed by atoms with Crippen LogP contribution in [0, 0.1) is 12.7 Å². The second-order valence-electron chi connectivity index (χ2n) is 5.11. The van der Waals surface area contributed by atoms with Crippen molar-refractivity contribution in [2.75, 3.05) is 5.32 Å². The molecule has 0 fully saturated rings. The Balaban J connectivity index is 1.78. The van der Waals surface area contributed by atoms with E-state index in [4.69, 9.17) is 4.74 Å². The van der Waals surface area contributed by atoms with Gasteiger partial charge in [0.2, 0.25) is 5.91 Å². The number of nitrogens with one attached hydrogen (secondary N) is 1. The monoisotopic (exact) mass is 342 g/mol. The second kappa shape index (κ2) is 7.23. The number of aromatic nitrogens is 1. The Kier molecular flexibility index (Phi) is 4.86. The van der Waals surface area contributed by atoms with Crippen LogP contribution in [-0.2, 0) is 11.2 Å². The summed E-state index contributed by atoms with van der Waals surface area (Å²) in [6.07, 6.45) is 0.0868. The molecule has 6 heteroatoms. The maximum Gasteiger partial charge on any atom is 0.230 e. The van der Waals surface area contributed by atoms with E-state index in [1.54, 1.807) is 18.2 Å². The summed E-state index contributed by atoms with van der Waals surface area (Å²) in [5.74, 6) is -0.0766. The Morgan fingerprint density at radius 3 is 2.71 bits per heavy atom. The van der Waals surface area contributed by atoms with E-state index in [1.807, 2.05) is 30.5 Å². The van der Waals surface area contributed by atoms with Crippen molar-refractivity contribution in [1.29, 1.82) is 0 Å². The van der Waals surface area contributed by atoms with E-state index < -0.39 is 5.82 Å². The normalized spacial score (nSPS) is 10.4. The molecule has 0 aliphatic carbocycles. The van der Waals surface area contributed by atoms with Gasteiger partial charge in [-0.15, -0.1) is 11.3 Å². The first kappa shape index (κ1) is 16.1. The molecule has 0 atom stereocenters. The number of carbonyl (C=O) groups excluding carboxylic acids is 1. The van der Waals surface area contributed by atoms with Crippen molar-refractivity contribution in [3.05, 3.63) is 70.4 Å². The molecule has 0 unspecified atom stereocenters. The van der Waals surface area contributed by atoms with Crippen LogP contribution in [0.1, 0.15) is 10.7 Å². The zero-order valence-electron chi connectivity index (χ0n) is 13.0. The van der Waals surface area contributed by atoms with E-state index in [9.17, 15) is 9.18 Å². The van der Waals surface area contributed by atoms with E-state index in [0.29, 0.717) is 11.4 Å². The molecular weight excluding hydrogens is 327 g/mol. The molecule has 122 valence electrons. The molecule has 0 aliphatic rings. The molecule has 1 aromatic heterocycles. The number of thiazole rings is 1. The highest BCUT2D eigenvalue weighted by atomic mass is 32.1. The van der Waals surface area contributed by atoms with E-state index in [0.717, 1.165) is 5.01 Å². The fourth-order valence-electron chi connectivity index (χ4n) is 2.16. The summed E-state index contributed by atoms with van der Waals surface area (Å²) in [7, 11) is 0. The topological polar surface area (TPSA) is 51.2 Å². The van der Waals surface area contributed by atoms with Gasteiger partial charge in [-0.1, -0.05) is 24.3 Å². The summed E-state index contributed by atoms with van der Waals surface area (Å²) in [5, 5.41) is 5.29. The number of halogens is 1. The second-order valence-corrected chi connectivity index (χ2v) is 6.17. The number of para-hydroxylation sites is 2. The average Bonchev–Trinajstić information content (AvgIpc) is 2.96. The number of aryl methyl sites for hydroxylation is 1. The van der Waals surface area contributed by atoms with Crippen LogP contribution in [0.25, 0.3) is 0 Å². The van der Waals surface area contributed by atoms with Crippen LogP contribution in [0.15, 0.2) is 53.9 Å². The third-order valence-corrected chi connectivity index (χ3v) is 4.04. The third kappa shape index (κ3) is 3.97. The molecule has 3 rings (SSSR count). The predicted octanol–water partition coefficient (Wildman–Crippen LogP) is 4.56. The molecule has 0 saturated carbocycles. The summed E-state index contributed by atoms with van der Waals surface area (Å²) < 4.78 is 19.8. The number of nitrogens with zero attached hydrogens (tertiary/aromatic N) is 1. The minimum Gasteiger partial charge on any atom is -0.455 e. The van der Waals surface area contributed by atoms with Crippen LogP contribution in [0.2, 0.25) is 0 Å². The van der Waals surface area contributed by atoms with Crippen LogP contribution in [0.3, 0.4) is 0 Å². The lowest BCUT2D eigenvalue weighted by atomic mass is 10.2. The van der Waals surface area contributed by atoms with Gasteiger partial charge in [-0.2, -0.15) is 0 Å². The summed E-state index contributed by atoms with van der Waals surface area (Å²) in [6.45, 7) is 1.87. The van der Waals surface area contributed by atoms with E-state index in [1.165, 1.54) is 23.5 Å². The van der Waals surface area contributed by atoms with Gasteiger partial charge in [0.05, 0.1) is 17.1 Å². The van der Waals surface area contributed by atoms with Gasteiger partial charge in [-0.3, -0.25) is 4.79 Å². The number of hydrogen-bond donors (Lipinski definition) is 1. The minimum absolute atomic E-state index is 0.0262. The molecule has 0 saturated heterocycles. The van der Waals surface area contributed by atoms with Gasteiger partial charge >= 0.3 is 0 Å². The summed E-state index contributed by atoms with van der Waals surface area (Å²) in [5.41, 5.74) is 0.690. The Labute approximate surface area is 142 Å². The molecule has 1 N–H and O–H groups in total. The summed E-state index contributed by atoms with van der Waals surface area (Å²) >= 11 is 1.47. The van der Waals surface area contributed by atoms with E-state index >= 15 is 0 Å². The standard InChI is InChI=1S/C18H15FN2O2S/c1-12-20-13(11-24-12)10-17(22)21-18-15(19)8-5-9-16(18)23-14-6-3-2-4-7-14/h2-9,11H,10H2,1H3,(H,21,22). The third-order valence-electron chi connectivity index (χ3n) is 3.22. The van der Waals surface area contributed by atoms with Crippen LogP contribution in [0.5, 0.6) is 11.5 Å². The van der Waals surface area contributed by atoms with Crippen molar-refractivity contribution < 1.29 is 13.9 Å². The molecule has 0 aliphatic heterocycles. The quantitative estimate of drug-likeness (QED) is 0.739. The zero-order valence-corrected chi connectivity index (χ0v) is 13.8.